The van der Waals surface area contributed by atoms with Gasteiger partial charge in [-0.2, -0.15) is 8.42 Å². The molecular formula is C8H7F3O4S2. The van der Waals surface area contributed by atoms with E-state index in [-0.39, 0.29) is 5.75 Å². The summed E-state index contributed by atoms with van der Waals surface area (Å²) in [6, 6.07) is 3.74. The fourth-order valence-electron chi connectivity index (χ4n) is 1.03. The molecule has 1 aromatic carbocycles. The van der Waals surface area contributed by atoms with Crippen LogP contribution in [0, 0.1) is 0 Å². The molecule has 1 unspecified atom stereocenters. The molecule has 0 amide bonds. The van der Waals surface area contributed by atoms with Crippen molar-refractivity contribution in [3.05, 3.63) is 24.3 Å². The van der Waals surface area contributed by atoms with Gasteiger partial charge < -0.3 is 9.29 Å². The van der Waals surface area contributed by atoms with Crippen LogP contribution < -0.4 is 4.74 Å². The molecule has 0 saturated heterocycles. The van der Waals surface area contributed by atoms with E-state index in [0.29, 0.717) is 0 Å². The normalized spacial score (nSPS) is 15.1. The van der Waals surface area contributed by atoms with Crippen molar-refractivity contribution >= 4 is 23.6 Å². The van der Waals surface area contributed by atoms with Gasteiger partial charge in [-0.15, -0.1) is 8.78 Å². The van der Waals surface area contributed by atoms with E-state index in [0.717, 1.165) is 24.3 Å². The van der Waals surface area contributed by atoms with Gasteiger partial charge in [0, 0.05) is 3.89 Å². The Balaban J connectivity index is 3.52. The van der Waals surface area contributed by atoms with Crippen molar-refractivity contribution < 1.29 is 30.4 Å². The predicted octanol–water partition coefficient (Wildman–Crippen LogP) is 1.58. The number of halogens is 3. The molecule has 0 aliphatic heterocycles. The van der Waals surface area contributed by atoms with Gasteiger partial charge in [-0.3, -0.25) is 0 Å². The van der Waals surface area contributed by atoms with E-state index in [4.69, 9.17) is 4.74 Å². The zero-order chi connectivity index (χ0) is 13.3. The first-order chi connectivity index (χ1) is 7.73. The van der Waals surface area contributed by atoms with Gasteiger partial charge in [-0.25, -0.2) is 0 Å². The maximum Gasteiger partial charge on any atom is 0.479 e. The van der Waals surface area contributed by atoms with Crippen molar-refractivity contribution in [2.24, 2.45) is 0 Å². The summed E-state index contributed by atoms with van der Waals surface area (Å²) in [7, 11) is -9.84. The minimum absolute atomic E-state index is 0.220. The number of ether oxygens (including phenoxy) is 1. The molecule has 1 atom stereocenters. The lowest BCUT2D eigenvalue weighted by atomic mass is 10.3. The second-order valence-corrected chi connectivity index (χ2v) is 7.97. The fourth-order valence-corrected chi connectivity index (χ4v) is 3.59. The van der Waals surface area contributed by atoms with E-state index in [1.165, 1.54) is 7.11 Å². The summed E-state index contributed by atoms with van der Waals surface area (Å²) in [5.41, 5.74) is 0. The second kappa shape index (κ2) is 4.67. The molecule has 0 radical (unpaired) electrons. The summed E-state index contributed by atoms with van der Waals surface area (Å²) in [5, 5.41) is -3.04. The summed E-state index contributed by atoms with van der Waals surface area (Å²) in [6.07, 6.45) is 0. The third-order valence-corrected chi connectivity index (χ3v) is 6.32. The molecule has 0 saturated carbocycles. The van der Waals surface area contributed by atoms with E-state index < -0.39 is 28.5 Å². The van der Waals surface area contributed by atoms with Crippen LogP contribution in [0.5, 0.6) is 5.75 Å². The third-order valence-electron chi connectivity index (χ3n) is 1.84. The Hall–Kier alpha value is -1.06. The molecule has 0 spiro atoms. The van der Waals surface area contributed by atoms with E-state index in [2.05, 4.69) is 0 Å². The van der Waals surface area contributed by atoms with Crippen LogP contribution in [-0.2, 0) is 18.2 Å². The average molecular weight is 288 g/mol. The third kappa shape index (κ3) is 2.45. The van der Waals surface area contributed by atoms with Crippen LogP contribution >= 0.6 is 0 Å². The van der Waals surface area contributed by atoms with Gasteiger partial charge in [0.15, 0.2) is 4.90 Å². The van der Waals surface area contributed by atoms with Crippen LogP contribution in [0.25, 0.3) is 0 Å². The minimum atomic E-state index is -5.80. The van der Waals surface area contributed by atoms with Gasteiger partial charge in [0.25, 0.3) is 18.2 Å². The monoisotopic (exact) mass is 288 g/mol. The molecule has 0 heterocycles. The van der Waals surface area contributed by atoms with Crippen molar-refractivity contribution in [3.8, 4) is 5.75 Å². The predicted molar refractivity (Wildman–Crippen MR) is 56.7 cm³/mol. The first-order valence-corrected chi connectivity index (χ1v) is 7.50. The van der Waals surface area contributed by atoms with Crippen molar-refractivity contribution in [2.45, 2.75) is 4.90 Å². The topological polar surface area (TPSA) is 66.4 Å². The smallest absolute Gasteiger partial charge is 0.479 e. The Morgan fingerprint density at radius 3 is 2.06 bits per heavy atom. The summed E-state index contributed by atoms with van der Waals surface area (Å²) in [6.45, 7) is 0. The highest BCUT2D eigenvalue weighted by atomic mass is 33.2. The molecule has 4 nitrogen and oxygen atoms in total. The van der Waals surface area contributed by atoms with E-state index in [9.17, 15) is 25.6 Å². The highest BCUT2D eigenvalue weighted by Crippen LogP contribution is 2.31. The molecule has 1 rings (SSSR count). The van der Waals surface area contributed by atoms with Gasteiger partial charge in [0.05, 0.1) is 7.11 Å². The summed E-state index contributed by atoms with van der Waals surface area (Å²) >= 11 is 0. The molecule has 0 aliphatic rings. The molecular weight excluding hydrogens is 281 g/mol. The van der Waals surface area contributed by atoms with Gasteiger partial charge in [0.1, 0.15) is 5.75 Å². The van der Waals surface area contributed by atoms with E-state index in [1.54, 1.807) is 0 Å². The molecule has 1 aromatic rings. The van der Waals surface area contributed by atoms with Gasteiger partial charge in [0.2, 0.25) is 0 Å². The van der Waals surface area contributed by atoms with Crippen molar-refractivity contribution in [1.82, 2.24) is 0 Å². The standard InChI is InChI=1S/C8H7F3O4S2/c1-15-6-2-4-7(5-3-6)16(11,8(9)10)17(12,13)14/h2-5H,1H3. The zero-order valence-electron chi connectivity index (χ0n) is 8.39. The number of benzene rings is 1. The Morgan fingerprint density at radius 1 is 1.29 bits per heavy atom. The minimum Gasteiger partial charge on any atom is -0.707 e. The first-order valence-electron chi connectivity index (χ1n) is 4.04. The van der Waals surface area contributed by atoms with Crippen molar-refractivity contribution in [2.75, 3.05) is 7.11 Å². The zero-order valence-corrected chi connectivity index (χ0v) is 10.0. The van der Waals surface area contributed by atoms with Crippen LogP contribution in [0.15, 0.2) is 29.2 Å². The molecule has 96 valence electrons. The van der Waals surface area contributed by atoms with Gasteiger partial charge >= 0.3 is 5.37 Å². The number of rotatable bonds is 3. The Morgan fingerprint density at radius 2 is 1.76 bits per heavy atom. The largest absolute Gasteiger partial charge is 0.707 e. The summed E-state index contributed by atoms with van der Waals surface area (Å²) in [4.78, 5) is -0.881. The molecule has 0 aliphatic carbocycles. The van der Waals surface area contributed by atoms with Crippen molar-refractivity contribution in [1.29, 1.82) is 0 Å². The first kappa shape index (κ1) is 14.0. The SMILES string of the molecule is COc1ccc([S+](F)(=C(F)F)S(=O)(=O)[O-])cc1. The van der Waals surface area contributed by atoms with Crippen LogP contribution in [0.1, 0.15) is 0 Å². The lowest BCUT2D eigenvalue weighted by molar-refractivity contribution is 0.414. The maximum atomic E-state index is 13.7. The molecule has 9 heteroatoms. The van der Waals surface area contributed by atoms with Gasteiger partial charge in [-0.1, -0.05) is 0 Å². The lowest BCUT2D eigenvalue weighted by Gasteiger charge is -2.11. The number of methoxy groups -OCH3 is 1. The molecule has 17 heavy (non-hydrogen) atoms. The Kier molecular flexibility index (Phi) is 3.84. The van der Waals surface area contributed by atoms with Crippen LogP contribution in [0.2, 0.25) is 0 Å². The van der Waals surface area contributed by atoms with Crippen LogP contribution in [-0.4, -0.2) is 25.5 Å². The second-order valence-electron chi connectivity index (χ2n) is 2.80. The maximum absolute atomic E-state index is 13.7. The fraction of sp³-hybridized carbons (Fsp3) is 0.125. The average Bonchev–Trinajstić information content (AvgIpc) is 2.26. The van der Waals surface area contributed by atoms with E-state index >= 15 is 0 Å². The summed E-state index contributed by atoms with van der Waals surface area (Å²) < 4.78 is 75.1. The van der Waals surface area contributed by atoms with Crippen LogP contribution in [0.3, 0.4) is 0 Å². The highest BCUT2D eigenvalue weighted by molar-refractivity contribution is 8.72. The number of hydrogen-bond acceptors (Lipinski definition) is 4. The molecule has 0 fully saturated rings. The summed E-state index contributed by atoms with van der Waals surface area (Å²) in [5.74, 6) is 0.220. The Labute approximate surface area is 96.4 Å². The van der Waals surface area contributed by atoms with Crippen molar-refractivity contribution in [3.63, 3.8) is 0 Å². The Bertz CT molecular complexity index is 561. The molecule has 0 bridgehead atoms. The highest BCUT2D eigenvalue weighted by Gasteiger charge is 2.43. The van der Waals surface area contributed by atoms with E-state index in [1.807, 2.05) is 0 Å². The molecule has 0 aromatic heterocycles. The van der Waals surface area contributed by atoms with Crippen LogP contribution in [0.4, 0.5) is 12.7 Å². The lowest BCUT2D eigenvalue weighted by Crippen LogP contribution is -2.23. The number of hydrogen-bond donors (Lipinski definition) is 0. The van der Waals surface area contributed by atoms with Gasteiger partial charge in [-0.05, 0) is 24.3 Å². The molecule has 0 N–H and O–H groups in total. The quantitative estimate of drug-likeness (QED) is 0.278.